The van der Waals surface area contributed by atoms with Crippen molar-refractivity contribution in [2.45, 2.75) is 60.8 Å². The van der Waals surface area contributed by atoms with Gasteiger partial charge in [-0.1, -0.05) is 49.3 Å². The molecule has 0 fully saturated rings. The molecular weight excluding hydrogens is 284 g/mol. The van der Waals surface area contributed by atoms with Crippen molar-refractivity contribution in [2.75, 3.05) is 0 Å². The Labute approximate surface area is 141 Å². The standard InChI is InChI=1S/C21H30O2/c1-15(9-7-10-16(2)14-19(22)23)13-18(4)20-17(3)11-8-12-21(20,5)6/h7,9-10,13-14H,8,11-12H2,1-6H3,(H,22,23). The first kappa shape index (κ1) is 19.2. The van der Waals surface area contributed by atoms with Crippen molar-refractivity contribution in [1.29, 1.82) is 0 Å². The van der Waals surface area contributed by atoms with Gasteiger partial charge >= 0.3 is 5.97 Å². The van der Waals surface area contributed by atoms with Crippen LogP contribution in [0.5, 0.6) is 0 Å². The number of allylic oxidation sites excluding steroid dienone is 9. The molecule has 0 atom stereocenters. The van der Waals surface area contributed by atoms with E-state index in [2.05, 4.69) is 40.7 Å². The largest absolute Gasteiger partial charge is 0.478 e. The second-order valence-corrected chi connectivity index (χ2v) is 7.22. The number of rotatable bonds is 5. The van der Waals surface area contributed by atoms with Crippen LogP contribution in [0.3, 0.4) is 0 Å². The van der Waals surface area contributed by atoms with Crippen LogP contribution < -0.4 is 0 Å². The van der Waals surface area contributed by atoms with Crippen molar-refractivity contribution in [3.8, 4) is 0 Å². The van der Waals surface area contributed by atoms with Gasteiger partial charge < -0.3 is 5.11 Å². The van der Waals surface area contributed by atoms with Gasteiger partial charge in [0.05, 0.1) is 0 Å². The maximum Gasteiger partial charge on any atom is 0.328 e. The average molecular weight is 314 g/mol. The summed E-state index contributed by atoms with van der Waals surface area (Å²) in [7, 11) is 0. The summed E-state index contributed by atoms with van der Waals surface area (Å²) in [6, 6.07) is 0. The highest BCUT2D eigenvalue weighted by atomic mass is 16.4. The maximum atomic E-state index is 10.6. The Balaban J connectivity index is 2.95. The predicted molar refractivity (Wildman–Crippen MR) is 98.4 cm³/mol. The minimum absolute atomic E-state index is 0.250. The molecule has 2 heteroatoms. The highest BCUT2D eigenvalue weighted by Gasteiger charge is 2.28. The van der Waals surface area contributed by atoms with E-state index in [-0.39, 0.29) is 5.41 Å². The van der Waals surface area contributed by atoms with Gasteiger partial charge in [0, 0.05) is 6.08 Å². The van der Waals surface area contributed by atoms with Crippen LogP contribution in [0, 0.1) is 5.41 Å². The van der Waals surface area contributed by atoms with Crippen molar-refractivity contribution >= 4 is 5.97 Å². The van der Waals surface area contributed by atoms with E-state index in [1.54, 1.807) is 6.92 Å². The second-order valence-electron chi connectivity index (χ2n) is 7.22. The maximum absolute atomic E-state index is 10.6. The molecule has 0 aromatic carbocycles. The number of carboxylic acids is 1. The first-order valence-corrected chi connectivity index (χ1v) is 8.28. The summed E-state index contributed by atoms with van der Waals surface area (Å²) in [4.78, 5) is 10.6. The lowest BCUT2D eigenvalue weighted by atomic mass is 9.70. The molecule has 0 heterocycles. The monoisotopic (exact) mass is 314 g/mol. The Kier molecular flexibility index (Phi) is 6.80. The Morgan fingerprint density at radius 2 is 1.78 bits per heavy atom. The lowest BCUT2D eigenvalue weighted by Crippen LogP contribution is -2.21. The molecule has 1 aliphatic rings. The molecule has 0 bridgehead atoms. The van der Waals surface area contributed by atoms with E-state index in [9.17, 15) is 4.79 Å². The van der Waals surface area contributed by atoms with Crippen LogP contribution in [-0.4, -0.2) is 11.1 Å². The summed E-state index contributed by atoms with van der Waals surface area (Å²) in [5, 5.41) is 8.69. The van der Waals surface area contributed by atoms with Crippen LogP contribution in [0.4, 0.5) is 0 Å². The quantitative estimate of drug-likeness (QED) is 0.499. The van der Waals surface area contributed by atoms with Gasteiger partial charge in [-0.15, -0.1) is 0 Å². The highest BCUT2D eigenvalue weighted by Crippen LogP contribution is 2.43. The molecule has 2 nitrogen and oxygen atoms in total. The Hall–Kier alpha value is -1.83. The lowest BCUT2D eigenvalue weighted by Gasteiger charge is -2.35. The van der Waals surface area contributed by atoms with Crippen molar-refractivity contribution in [2.24, 2.45) is 5.41 Å². The van der Waals surface area contributed by atoms with Gasteiger partial charge in [0.25, 0.3) is 0 Å². The summed E-state index contributed by atoms with van der Waals surface area (Å²) >= 11 is 0. The average Bonchev–Trinajstić information content (AvgIpc) is 2.35. The molecule has 0 spiro atoms. The third kappa shape index (κ3) is 6.05. The molecule has 1 aliphatic carbocycles. The number of carbonyl (C=O) groups is 1. The molecule has 0 saturated heterocycles. The molecule has 23 heavy (non-hydrogen) atoms. The minimum atomic E-state index is -0.912. The fourth-order valence-corrected chi connectivity index (χ4v) is 3.55. The first-order valence-electron chi connectivity index (χ1n) is 8.28. The second kappa shape index (κ2) is 8.14. The fraction of sp³-hybridized carbons (Fsp3) is 0.476. The van der Waals surface area contributed by atoms with Gasteiger partial charge in [-0.25, -0.2) is 4.79 Å². The van der Waals surface area contributed by atoms with Gasteiger partial charge in [0.1, 0.15) is 0 Å². The van der Waals surface area contributed by atoms with Gasteiger partial charge in [-0.3, -0.25) is 0 Å². The zero-order chi connectivity index (χ0) is 17.6. The number of hydrogen-bond donors (Lipinski definition) is 1. The van der Waals surface area contributed by atoms with Crippen LogP contribution >= 0.6 is 0 Å². The topological polar surface area (TPSA) is 37.3 Å². The number of carboxylic acid groups (broad SMARTS) is 1. The van der Waals surface area contributed by atoms with E-state index < -0.39 is 5.97 Å². The molecule has 0 amide bonds. The Morgan fingerprint density at radius 1 is 1.13 bits per heavy atom. The fourth-order valence-electron chi connectivity index (χ4n) is 3.55. The van der Waals surface area contributed by atoms with E-state index in [1.165, 1.54) is 47.6 Å². The number of hydrogen-bond acceptors (Lipinski definition) is 1. The summed E-state index contributed by atoms with van der Waals surface area (Å²) < 4.78 is 0. The van der Waals surface area contributed by atoms with Gasteiger partial charge in [0.2, 0.25) is 0 Å². The van der Waals surface area contributed by atoms with Crippen molar-refractivity contribution < 1.29 is 9.90 Å². The van der Waals surface area contributed by atoms with Crippen LogP contribution in [0.25, 0.3) is 0 Å². The third-order valence-electron chi connectivity index (χ3n) is 4.37. The minimum Gasteiger partial charge on any atom is -0.478 e. The molecule has 126 valence electrons. The van der Waals surface area contributed by atoms with Gasteiger partial charge in [-0.2, -0.15) is 0 Å². The zero-order valence-electron chi connectivity index (χ0n) is 15.4. The van der Waals surface area contributed by atoms with E-state index in [4.69, 9.17) is 5.11 Å². The molecule has 0 saturated carbocycles. The third-order valence-corrected chi connectivity index (χ3v) is 4.37. The van der Waals surface area contributed by atoms with Crippen LogP contribution in [-0.2, 0) is 4.79 Å². The summed E-state index contributed by atoms with van der Waals surface area (Å²) in [6.07, 6.45) is 12.9. The molecule has 0 aliphatic heterocycles. The molecule has 1 rings (SSSR count). The van der Waals surface area contributed by atoms with Gasteiger partial charge in [0.15, 0.2) is 0 Å². The summed E-state index contributed by atoms with van der Waals surface area (Å²) in [5.74, 6) is -0.912. The highest BCUT2D eigenvalue weighted by molar-refractivity contribution is 5.81. The molecular formula is C21H30O2. The van der Waals surface area contributed by atoms with Crippen molar-refractivity contribution in [3.63, 3.8) is 0 Å². The van der Waals surface area contributed by atoms with E-state index in [0.717, 1.165) is 5.57 Å². The molecule has 0 aromatic rings. The summed E-state index contributed by atoms with van der Waals surface area (Å²) in [6.45, 7) is 13.0. The van der Waals surface area contributed by atoms with Crippen LogP contribution in [0.1, 0.15) is 60.8 Å². The number of aliphatic carboxylic acids is 1. The molecule has 1 N–H and O–H groups in total. The smallest absolute Gasteiger partial charge is 0.328 e. The SMILES string of the molecule is CC(=CC=CC(C)=CC(=O)O)C=C(C)C1=C(C)CCCC1(C)C. The Bertz CT molecular complexity index is 608. The van der Waals surface area contributed by atoms with Crippen LogP contribution in [0.2, 0.25) is 0 Å². The lowest BCUT2D eigenvalue weighted by molar-refractivity contribution is -0.131. The van der Waals surface area contributed by atoms with E-state index >= 15 is 0 Å². The van der Waals surface area contributed by atoms with E-state index in [1.807, 2.05) is 18.2 Å². The van der Waals surface area contributed by atoms with Gasteiger partial charge in [-0.05, 0) is 69.1 Å². The summed E-state index contributed by atoms with van der Waals surface area (Å²) in [5.41, 5.74) is 6.51. The normalized spacial score (nSPS) is 20.3. The predicted octanol–water partition coefficient (Wildman–Crippen LogP) is 5.99. The first-order chi connectivity index (χ1) is 10.6. The van der Waals surface area contributed by atoms with E-state index in [0.29, 0.717) is 0 Å². The molecule has 0 aromatic heterocycles. The van der Waals surface area contributed by atoms with Crippen molar-refractivity contribution in [3.05, 3.63) is 58.2 Å². The Morgan fingerprint density at radius 3 is 2.35 bits per heavy atom. The zero-order valence-corrected chi connectivity index (χ0v) is 15.4. The molecule has 0 unspecified atom stereocenters. The van der Waals surface area contributed by atoms with Crippen LogP contribution in [0.15, 0.2) is 58.2 Å². The molecule has 0 radical (unpaired) electrons. The van der Waals surface area contributed by atoms with Crippen molar-refractivity contribution in [1.82, 2.24) is 0 Å².